The lowest BCUT2D eigenvalue weighted by molar-refractivity contribution is 0.519. The molecule has 0 bridgehead atoms. The summed E-state index contributed by atoms with van der Waals surface area (Å²) in [4.78, 5) is 4.33. The minimum absolute atomic E-state index is 0.210. The van der Waals surface area contributed by atoms with E-state index in [0.717, 1.165) is 16.3 Å². The summed E-state index contributed by atoms with van der Waals surface area (Å²) in [5.74, 6) is 0. The number of rotatable bonds is 2. The molecular formula is C18H30N2OS. The van der Waals surface area contributed by atoms with Crippen LogP contribution in [0.1, 0.15) is 54.0 Å². The molecule has 22 heavy (non-hydrogen) atoms. The highest BCUT2D eigenvalue weighted by molar-refractivity contribution is 7.83. The molecule has 2 aromatic rings. The topological polar surface area (TPSA) is 42.0 Å². The maximum absolute atomic E-state index is 12.3. The van der Waals surface area contributed by atoms with E-state index in [0.29, 0.717) is 5.03 Å². The van der Waals surface area contributed by atoms with Gasteiger partial charge in [-0.3, -0.25) is 0 Å². The summed E-state index contributed by atoms with van der Waals surface area (Å²) in [5, 5.41) is 2.66. The minimum atomic E-state index is -1.30. The van der Waals surface area contributed by atoms with Crippen molar-refractivity contribution in [2.24, 2.45) is 0 Å². The second-order valence-corrected chi connectivity index (χ2v) is 6.54. The Balaban J connectivity index is 0.00000102. The maximum Gasteiger partial charge on any atom is 0.150 e. The lowest BCUT2D eigenvalue weighted by Crippen LogP contribution is -2.37. The van der Waals surface area contributed by atoms with E-state index in [2.05, 4.69) is 9.71 Å². The molecule has 124 valence electrons. The summed E-state index contributed by atoms with van der Waals surface area (Å²) in [6, 6.07) is 7.93. The van der Waals surface area contributed by atoms with Crippen LogP contribution in [-0.2, 0) is 11.0 Å². The van der Waals surface area contributed by atoms with Crippen LogP contribution in [0, 0.1) is 6.92 Å². The summed E-state index contributed by atoms with van der Waals surface area (Å²) in [6.07, 6.45) is 1.78. The van der Waals surface area contributed by atoms with Crippen molar-refractivity contribution in [1.29, 1.82) is 0 Å². The molecule has 0 aliphatic heterocycles. The first kappa shape index (κ1) is 20.7. The number of pyridine rings is 1. The number of hydrogen-bond donors (Lipinski definition) is 1. The van der Waals surface area contributed by atoms with Crippen molar-refractivity contribution in [2.45, 2.75) is 66.0 Å². The molecule has 0 fully saturated rings. The van der Waals surface area contributed by atoms with Gasteiger partial charge in [0.1, 0.15) is 16.0 Å². The zero-order valence-electron chi connectivity index (χ0n) is 15.2. The summed E-state index contributed by atoms with van der Waals surface area (Å²) < 4.78 is 15.4. The van der Waals surface area contributed by atoms with Gasteiger partial charge in [-0.2, -0.15) is 0 Å². The summed E-state index contributed by atoms with van der Waals surface area (Å²) in [6.45, 7) is 16.0. The number of benzene rings is 1. The van der Waals surface area contributed by atoms with Gasteiger partial charge in [-0.25, -0.2) is 13.9 Å². The monoisotopic (exact) mass is 322 g/mol. The minimum Gasteiger partial charge on any atom is -0.245 e. The zero-order valence-corrected chi connectivity index (χ0v) is 16.0. The van der Waals surface area contributed by atoms with Crippen molar-refractivity contribution >= 4 is 21.8 Å². The Kier molecular flexibility index (Phi) is 9.14. The molecule has 2 rings (SSSR count). The van der Waals surface area contributed by atoms with Gasteiger partial charge >= 0.3 is 0 Å². The third kappa shape index (κ3) is 5.85. The molecule has 1 atom stereocenters. The molecule has 0 aliphatic carbocycles. The zero-order chi connectivity index (χ0) is 17.3. The highest BCUT2D eigenvalue weighted by Gasteiger charge is 2.17. The van der Waals surface area contributed by atoms with Crippen LogP contribution in [0.4, 0.5) is 0 Å². The fourth-order valence-corrected chi connectivity index (χ4v) is 2.96. The van der Waals surface area contributed by atoms with Crippen LogP contribution in [0.3, 0.4) is 0 Å². The van der Waals surface area contributed by atoms with Crippen LogP contribution in [0.25, 0.3) is 10.8 Å². The SMILES string of the molecule is CC.CC.Cc1cnc(S(=O)NC(C)(C)C)c2ccccc12. The van der Waals surface area contributed by atoms with Gasteiger partial charge < -0.3 is 0 Å². The predicted molar refractivity (Wildman–Crippen MR) is 98.5 cm³/mol. The lowest BCUT2D eigenvalue weighted by Gasteiger charge is -2.19. The van der Waals surface area contributed by atoms with Crippen LogP contribution in [0.15, 0.2) is 35.5 Å². The fraction of sp³-hybridized carbons (Fsp3) is 0.500. The van der Waals surface area contributed by atoms with Crippen molar-refractivity contribution in [3.05, 3.63) is 36.0 Å². The Morgan fingerprint density at radius 3 is 2.00 bits per heavy atom. The van der Waals surface area contributed by atoms with E-state index >= 15 is 0 Å². The van der Waals surface area contributed by atoms with Crippen molar-refractivity contribution < 1.29 is 4.21 Å². The average molecular weight is 323 g/mol. The van der Waals surface area contributed by atoms with Crippen LogP contribution in [-0.4, -0.2) is 14.7 Å². The third-order valence-electron chi connectivity index (χ3n) is 2.53. The Labute approximate surface area is 138 Å². The third-order valence-corrected chi connectivity index (χ3v) is 4.01. The number of nitrogens with one attached hydrogen (secondary N) is 1. The molecule has 0 radical (unpaired) electrons. The molecule has 3 nitrogen and oxygen atoms in total. The first-order valence-electron chi connectivity index (χ1n) is 7.92. The molecule has 0 amide bonds. The summed E-state index contributed by atoms with van der Waals surface area (Å²) >= 11 is 0. The molecule has 1 aromatic carbocycles. The largest absolute Gasteiger partial charge is 0.245 e. The van der Waals surface area contributed by atoms with E-state index in [1.54, 1.807) is 6.20 Å². The molecule has 1 N–H and O–H groups in total. The Morgan fingerprint density at radius 2 is 1.50 bits per heavy atom. The van der Waals surface area contributed by atoms with E-state index in [4.69, 9.17) is 0 Å². The first-order chi connectivity index (χ1) is 10.4. The predicted octanol–water partition coefficient (Wildman–Crippen LogP) is 5.01. The van der Waals surface area contributed by atoms with E-state index in [1.165, 1.54) is 0 Å². The van der Waals surface area contributed by atoms with E-state index in [1.807, 2.05) is 79.7 Å². The molecule has 4 heteroatoms. The highest BCUT2D eigenvalue weighted by Crippen LogP contribution is 2.22. The smallest absolute Gasteiger partial charge is 0.150 e. The van der Waals surface area contributed by atoms with Crippen molar-refractivity contribution in [1.82, 2.24) is 9.71 Å². The second kappa shape index (κ2) is 9.70. The van der Waals surface area contributed by atoms with Gasteiger partial charge in [0.05, 0.1) is 0 Å². The molecule has 0 spiro atoms. The Morgan fingerprint density at radius 1 is 1.00 bits per heavy atom. The van der Waals surface area contributed by atoms with E-state index in [-0.39, 0.29) is 5.54 Å². The van der Waals surface area contributed by atoms with Crippen LogP contribution in [0.2, 0.25) is 0 Å². The molecular weight excluding hydrogens is 292 g/mol. The molecule has 1 aromatic heterocycles. The standard InChI is InChI=1S/C14H18N2OS.2C2H6/c1-10-9-15-13(18(17)16-14(2,3)4)12-8-6-5-7-11(10)12;2*1-2/h5-9,16H,1-4H3;2*1-2H3. The van der Waals surface area contributed by atoms with Gasteiger partial charge in [0.25, 0.3) is 0 Å². The number of aromatic nitrogens is 1. The normalized spacial score (nSPS) is 11.8. The van der Waals surface area contributed by atoms with Crippen molar-refractivity contribution in [2.75, 3.05) is 0 Å². The van der Waals surface area contributed by atoms with Gasteiger partial charge in [0.15, 0.2) is 0 Å². The van der Waals surface area contributed by atoms with Gasteiger partial charge in [-0.05, 0) is 38.6 Å². The molecule has 1 heterocycles. The first-order valence-corrected chi connectivity index (χ1v) is 9.07. The molecule has 1 unspecified atom stereocenters. The summed E-state index contributed by atoms with van der Waals surface area (Å²) in [5.41, 5.74) is 0.889. The van der Waals surface area contributed by atoms with E-state index < -0.39 is 11.0 Å². The quantitative estimate of drug-likeness (QED) is 0.844. The molecule has 0 saturated heterocycles. The number of hydrogen-bond acceptors (Lipinski definition) is 2. The fourth-order valence-electron chi connectivity index (χ4n) is 1.78. The summed E-state index contributed by atoms with van der Waals surface area (Å²) in [7, 11) is -1.30. The van der Waals surface area contributed by atoms with Crippen LogP contribution < -0.4 is 4.72 Å². The average Bonchev–Trinajstić information content (AvgIpc) is 2.50. The van der Waals surface area contributed by atoms with Crippen LogP contribution in [0.5, 0.6) is 0 Å². The van der Waals surface area contributed by atoms with Gasteiger partial charge in [0, 0.05) is 17.1 Å². The highest BCUT2D eigenvalue weighted by atomic mass is 32.2. The number of fused-ring (bicyclic) bond motifs is 1. The van der Waals surface area contributed by atoms with Gasteiger partial charge in [-0.15, -0.1) is 0 Å². The van der Waals surface area contributed by atoms with Crippen molar-refractivity contribution in [3.63, 3.8) is 0 Å². The maximum atomic E-state index is 12.3. The number of nitrogens with zero attached hydrogens (tertiary/aromatic N) is 1. The lowest BCUT2D eigenvalue weighted by atomic mass is 10.1. The van der Waals surface area contributed by atoms with Crippen LogP contribution >= 0.6 is 0 Å². The Hall–Kier alpha value is -1.26. The number of aryl methyl sites for hydroxylation is 1. The second-order valence-electron chi connectivity index (χ2n) is 5.41. The van der Waals surface area contributed by atoms with Crippen molar-refractivity contribution in [3.8, 4) is 0 Å². The Bertz CT molecular complexity index is 604. The molecule has 0 aliphatic rings. The van der Waals surface area contributed by atoms with E-state index in [9.17, 15) is 4.21 Å². The van der Waals surface area contributed by atoms with Gasteiger partial charge in [0.2, 0.25) is 0 Å². The molecule has 0 saturated carbocycles. The van der Waals surface area contributed by atoms with Gasteiger partial charge in [-0.1, -0.05) is 52.0 Å².